The van der Waals surface area contributed by atoms with Crippen LogP contribution in [0.15, 0.2) is 10.6 Å². The zero-order chi connectivity index (χ0) is 18.4. The highest BCUT2D eigenvalue weighted by Crippen LogP contribution is 2.22. The second kappa shape index (κ2) is 8.67. The lowest BCUT2D eigenvalue weighted by molar-refractivity contribution is -0.142. The Morgan fingerprint density at radius 2 is 2.20 bits per heavy atom. The monoisotopic (exact) mass is 353 g/mol. The number of carboxylic acids is 1. The van der Waals surface area contributed by atoms with E-state index in [-0.39, 0.29) is 11.5 Å². The van der Waals surface area contributed by atoms with Gasteiger partial charge in [-0.1, -0.05) is 25.9 Å². The minimum atomic E-state index is -0.665. The van der Waals surface area contributed by atoms with E-state index in [1.807, 2.05) is 0 Å². The van der Waals surface area contributed by atoms with Gasteiger partial charge in [0.1, 0.15) is 6.04 Å². The smallest absolute Gasteiger partial charge is 0.320 e. The van der Waals surface area contributed by atoms with Crippen LogP contribution >= 0.6 is 0 Å². The Balaban J connectivity index is 0.000000186. The molecule has 0 radical (unpaired) electrons. The molecule has 25 heavy (non-hydrogen) atoms. The van der Waals surface area contributed by atoms with Crippen LogP contribution in [0.3, 0.4) is 0 Å². The Morgan fingerprint density at radius 1 is 1.44 bits per heavy atom. The fourth-order valence-corrected chi connectivity index (χ4v) is 3.34. The minimum absolute atomic E-state index is 0.239. The molecular formula is C18H31N3O4. The van der Waals surface area contributed by atoms with Gasteiger partial charge in [-0.2, -0.15) is 0 Å². The summed E-state index contributed by atoms with van der Waals surface area (Å²) in [6.45, 7) is 9.94. The second-order valence-electron chi connectivity index (χ2n) is 8.18. The van der Waals surface area contributed by atoms with Gasteiger partial charge in [-0.15, -0.1) is 0 Å². The summed E-state index contributed by atoms with van der Waals surface area (Å²) < 4.78 is 10.0. The van der Waals surface area contributed by atoms with Gasteiger partial charge in [0.25, 0.3) is 0 Å². The predicted molar refractivity (Wildman–Crippen MR) is 95.2 cm³/mol. The van der Waals surface area contributed by atoms with Crippen LogP contribution in [0.25, 0.3) is 0 Å². The number of anilines is 1. The van der Waals surface area contributed by atoms with Crippen LogP contribution in [0, 0.1) is 11.3 Å². The molecule has 0 aliphatic carbocycles. The molecule has 2 atom stereocenters. The van der Waals surface area contributed by atoms with E-state index in [4.69, 9.17) is 20.1 Å². The topological polar surface area (TPSA) is 102 Å². The average Bonchev–Trinajstić information content (AvgIpc) is 3.21. The summed E-state index contributed by atoms with van der Waals surface area (Å²) in [6, 6.07) is 1.53. The molecule has 2 aliphatic rings. The first kappa shape index (κ1) is 19.7. The Kier molecular flexibility index (Phi) is 6.84. The quantitative estimate of drug-likeness (QED) is 0.857. The van der Waals surface area contributed by atoms with Gasteiger partial charge in [-0.25, -0.2) is 0 Å². The number of likely N-dealkylation sites (tertiary alicyclic amines) is 1. The number of nitrogens with two attached hydrogens (primary N) is 1. The van der Waals surface area contributed by atoms with Gasteiger partial charge in [0.2, 0.25) is 5.88 Å². The first-order valence-corrected chi connectivity index (χ1v) is 9.00. The Labute approximate surface area is 149 Å². The first-order chi connectivity index (χ1) is 11.7. The van der Waals surface area contributed by atoms with E-state index in [9.17, 15) is 4.79 Å². The maximum atomic E-state index is 10.9. The fourth-order valence-electron chi connectivity index (χ4n) is 3.34. The molecule has 3 rings (SSSR count). The van der Waals surface area contributed by atoms with Crippen molar-refractivity contribution in [3.63, 3.8) is 0 Å². The average molecular weight is 353 g/mol. The van der Waals surface area contributed by atoms with Gasteiger partial charge in [0.15, 0.2) is 0 Å². The molecule has 0 bridgehead atoms. The highest BCUT2D eigenvalue weighted by atomic mass is 16.5. The van der Waals surface area contributed by atoms with Gasteiger partial charge in [-0.3, -0.25) is 9.69 Å². The van der Waals surface area contributed by atoms with Crippen LogP contribution in [-0.4, -0.2) is 53.5 Å². The molecule has 0 amide bonds. The summed E-state index contributed by atoms with van der Waals surface area (Å²) >= 11 is 0. The van der Waals surface area contributed by atoms with Gasteiger partial charge in [-0.05, 0) is 43.6 Å². The molecule has 7 nitrogen and oxygen atoms in total. The summed E-state index contributed by atoms with van der Waals surface area (Å²) in [5.74, 6) is 0.278. The first-order valence-electron chi connectivity index (χ1n) is 9.00. The van der Waals surface area contributed by atoms with Gasteiger partial charge in [0, 0.05) is 19.2 Å². The van der Waals surface area contributed by atoms with Crippen molar-refractivity contribution in [3.05, 3.63) is 11.8 Å². The van der Waals surface area contributed by atoms with Gasteiger partial charge < -0.3 is 20.1 Å². The maximum Gasteiger partial charge on any atom is 0.320 e. The maximum absolute atomic E-state index is 10.9. The van der Waals surface area contributed by atoms with Crippen molar-refractivity contribution >= 4 is 11.9 Å². The number of rotatable bonds is 4. The molecule has 1 unspecified atom stereocenters. The van der Waals surface area contributed by atoms with E-state index in [0.29, 0.717) is 11.8 Å². The number of ether oxygens (including phenoxy) is 1. The van der Waals surface area contributed by atoms with Crippen molar-refractivity contribution in [2.75, 3.05) is 32.0 Å². The number of hydrogen-bond donors (Lipinski definition) is 2. The molecule has 0 spiro atoms. The number of aliphatic carboxylic acids is 1. The highest BCUT2D eigenvalue weighted by Gasteiger charge is 2.32. The molecule has 1 aromatic heterocycles. The summed E-state index contributed by atoms with van der Waals surface area (Å²) in [6.07, 6.45) is 3.81. The van der Waals surface area contributed by atoms with Crippen molar-refractivity contribution in [2.45, 2.75) is 52.5 Å². The Bertz CT molecular complexity index is 547. The Hall–Kier alpha value is -1.60. The number of nitrogens with zero attached hydrogens (tertiary/aromatic N) is 2. The Morgan fingerprint density at radius 3 is 2.72 bits per heavy atom. The molecule has 0 aromatic carbocycles. The van der Waals surface area contributed by atoms with Crippen molar-refractivity contribution in [1.29, 1.82) is 0 Å². The zero-order valence-electron chi connectivity index (χ0n) is 15.5. The third-order valence-corrected chi connectivity index (χ3v) is 4.45. The number of carbonyl (C=O) groups is 1. The van der Waals surface area contributed by atoms with Crippen molar-refractivity contribution in [2.24, 2.45) is 11.3 Å². The molecule has 1 aromatic rings. The van der Waals surface area contributed by atoms with Crippen LogP contribution in [0.4, 0.5) is 5.88 Å². The summed E-state index contributed by atoms with van der Waals surface area (Å²) in [5.41, 5.74) is 6.53. The van der Waals surface area contributed by atoms with Gasteiger partial charge in [0.05, 0.1) is 12.3 Å². The largest absolute Gasteiger partial charge is 0.480 e. The van der Waals surface area contributed by atoms with Crippen molar-refractivity contribution in [3.8, 4) is 0 Å². The molecule has 7 heteroatoms. The standard InChI is InChI=1S/C10H17NO3.C8H14N2O/c12-10(13)9-2-1-4-11(9)6-8-3-5-14-7-8;1-8(2,3)5-6-4-7(9)11-10-6/h8-9H,1-7H2,(H,12,13);4H,5,9H2,1-3H3/t8?,9-;/m0./s1. The van der Waals surface area contributed by atoms with Crippen LogP contribution in [0.2, 0.25) is 0 Å². The van der Waals surface area contributed by atoms with Crippen LogP contribution in [0.1, 0.15) is 45.7 Å². The lowest BCUT2D eigenvalue weighted by atomic mass is 9.91. The van der Waals surface area contributed by atoms with Crippen LogP contribution < -0.4 is 5.73 Å². The third kappa shape index (κ3) is 6.66. The molecule has 2 fully saturated rings. The summed E-state index contributed by atoms with van der Waals surface area (Å²) in [4.78, 5) is 13.0. The zero-order valence-corrected chi connectivity index (χ0v) is 15.5. The number of aromatic nitrogens is 1. The fraction of sp³-hybridized carbons (Fsp3) is 0.778. The van der Waals surface area contributed by atoms with E-state index >= 15 is 0 Å². The van der Waals surface area contributed by atoms with E-state index in [0.717, 1.165) is 57.7 Å². The van der Waals surface area contributed by atoms with E-state index in [1.54, 1.807) is 6.07 Å². The molecule has 2 saturated heterocycles. The van der Waals surface area contributed by atoms with Crippen molar-refractivity contribution < 1.29 is 19.2 Å². The van der Waals surface area contributed by atoms with E-state index in [1.165, 1.54) is 0 Å². The minimum Gasteiger partial charge on any atom is -0.480 e. The predicted octanol–water partition coefficient (Wildman–Crippen LogP) is 2.42. The highest BCUT2D eigenvalue weighted by molar-refractivity contribution is 5.73. The lowest BCUT2D eigenvalue weighted by Crippen LogP contribution is -2.39. The van der Waals surface area contributed by atoms with Crippen molar-refractivity contribution in [1.82, 2.24) is 10.1 Å². The molecule has 2 aliphatic heterocycles. The molecule has 3 heterocycles. The number of hydrogen-bond acceptors (Lipinski definition) is 6. The molecule has 0 saturated carbocycles. The second-order valence-corrected chi connectivity index (χ2v) is 8.18. The van der Waals surface area contributed by atoms with Crippen LogP contribution in [-0.2, 0) is 16.0 Å². The molecule has 142 valence electrons. The summed E-state index contributed by atoms with van der Waals surface area (Å²) in [5, 5.41) is 12.8. The summed E-state index contributed by atoms with van der Waals surface area (Å²) in [7, 11) is 0. The van der Waals surface area contributed by atoms with Crippen LogP contribution in [0.5, 0.6) is 0 Å². The molecular weight excluding hydrogens is 322 g/mol. The van der Waals surface area contributed by atoms with E-state index in [2.05, 4.69) is 30.8 Å². The van der Waals surface area contributed by atoms with Gasteiger partial charge >= 0.3 is 5.97 Å². The molecule has 3 N–H and O–H groups in total. The number of carboxylic acid groups (broad SMARTS) is 1. The third-order valence-electron chi connectivity index (χ3n) is 4.45. The normalized spacial score (nSPS) is 24.1. The van der Waals surface area contributed by atoms with E-state index < -0.39 is 5.97 Å². The lowest BCUT2D eigenvalue weighted by Gasteiger charge is -2.23. The number of nitrogen functional groups attached to an aromatic ring is 1. The SMILES string of the molecule is CC(C)(C)Cc1cc(N)on1.O=C(O)[C@@H]1CCCN1CC1CCOC1.